The van der Waals surface area contributed by atoms with Crippen LogP contribution in [0.4, 0.5) is 0 Å². The number of aromatic amines is 1. The Balaban J connectivity index is 1.49. The summed E-state index contributed by atoms with van der Waals surface area (Å²) in [5.41, 5.74) is 4.75. The SMILES string of the molecule is O=C(CCC1CCCC1)N1CCc2c([nH]c3ccccc23)C1c1cccnc1. The van der Waals surface area contributed by atoms with Gasteiger partial charge in [-0.2, -0.15) is 0 Å². The van der Waals surface area contributed by atoms with Crippen molar-refractivity contribution in [1.82, 2.24) is 14.9 Å². The molecule has 1 aliphatic carbocycles. The molecule has 1 fully saturated rings. The highest BCUT2D eigenvalue weighted by molar-refractivity contribution is 5.86. The molecule has 1 amide bonds. The number of nitrogens with one attached hydrogen (secondary N) is 1. The van der Waals surface area contributed by atoms with Crippen molar-refractivity contribution in [2.75, 3.05) is 6.54 Å². The minimum atomic E-state index is -0.0686. The van der Waals surface area contributed by atoms with Crippen molar-refractivity contribution >= 4 is 16.8 Å². The van der Waals surface area contributed by atoms with Crippen molar-refractivity contribution in [3.8, 4) is 0 Å². The summed E-state index contributed by atoms with van der Waals surface area (Å²) in [6.07, 6.45) is 11.6. The molecule has 144 valence electrons. The quantitative estimate of drug-likeness (QED) is 0.699. The van der Waals surface area contributed by atoms with Crippen LogP contribution in [0.5, 0.6) is 0 Å². The van der Waals surface area contributed by atoms with E-state index in [1.807, 2.05) is 12.3 Å². The third-order valence-corrected chi connectivity index (χ3v) is 6.60. The van der Waals surface area contributed by atoms with Gasteiger partial charge in [0.25, 0.3) is 0 Å². The van der Waals surface area contributed by atoms with Crippen LogP contribution in [-0.2, 0) is 11.2 Å². The molecule has 1 atom stereocenters. The molecule has 1 aliphatic heterocycles. The Morgan fingerprint density at radius 3 is 2.82 bits per heavy atom. The number of H-pyrrole nitrogens is 1. The molecule has 0 spiro atoms. The molecule has 2 aliphatic rings. The number of pyridine rings is 1. The second-order valence-corrected chi connectivity index (χ2v) is 8.28. The number of fused-ring (bicyclic) bond motifs is 3. The van der Waals surface area contributed by atoms with E-state index >= 15 is 0 Å². The minimum Gasteiger partial charge on any atom is -0.356 e. The van der Waals surface area contributed by atoms with Gasteiger partial charge in [0.15, 0.2) is 0 Å². The Morgan fingerprint density at radius 2 is 2.00 bits per heavy atom. The lowest BCUT2D eigenvalue weighted by atomic mass is 9.92. The fourth-order valence-electron chi connectivity index (χ4n) is 5.16. The molecule has 0 saturated heterocycles. The molecule has 1 unspecified atom stereocenters. The Morgan fingerprint density at radius 1 is 1.14 bits per heavy atom. The maximum atomic E-state index is 13.3. The highest BCUT2D eigenvalue weighted by atomic mass is 16.2. The smallest absolute Gasteiger partial charge is 0.223 e. The standard InChI is InChI=1S/C24H27N3O/c28-22(12-11-17-6-1-2-7-17)27-15-13-20-19-9-3-4-10-21(19)26-23(20)24(27)18-8-5-14-25-16-18/h3-5,8-10,14,16-17,24,26H,1-2,6-7,11-13,15H2. The Kier molecular flexibility index (Phi) is 4.63. The summed E-state index contributed by atoms with van der Waals surface area (Å²) in [4.78, 5) is 23.3. The number of amides is 1. The molecular formula is C24H27N3O. The first-order valence-corrected chi connectivity index (χ1v) is 10.6. The first-order chi connectivity index (χ1) is 13.8. The first kappa shape index (κ1) is 17.5. The predicted molar refractivity (Wildman–Crippen MR) is 111 cm³/mol. The zero-order chi connectivity index (χ0) is 18.9. The summed E-state index contributed by atoms with van der Waals surface area (Å²) < 4.78 is 0. The summed E-state index contributed by atoms with van der Waals surface area (Å²) >= 11 is 0. The molecule has 1 aromatic carbocycles. The number of nitrogens with zero attached hydrogens (tertiary/aromatic N) is 2. The fourth-order valence-corrected chi connectivity index (χ4v) is 5.16. The van der Waals surface area contributed by atoms with Crippen LogP contribution in [-0.4, -0.2) is 27.3 Å². The Bertz CT molecular complexity index is 972. The Labute approximate surface area is 166 Å². The van der Waals surface area contributed by atoms with Crippen LogP contribution in [0.25, 0.3) is 10.9 Å². The highest BCUT2D eigenvalue weighted by Gasteiger charge is 2.34. The lowest BCUT2D eigenvalue weighted by Crippen LogP contribution is -2.40. The van der Waals surface area contributed by atoms with E-state index in [0.717, 1.165) is 42.1 Å². The van der Waals surface area contributed by atoms with Gasteiger partial charge in [0.1, 0.15) is 0 Å². The first-order valence-electron chi connectivity index (χ1n) is 10.6. The lowest BCUT2D eigenvalue weighted by Gasteiger charge is -2.36. The normalized spacial score (nSPS) is 19.9. The maximum Gasteiger partial charge on any atom is 0.223 e. The zero-order valence-electron chi connectivity index (χ0n) is 16.2. The van der Waals surface area contributed by atoms with Crippen LogP contribution >= 0.6 is 0 Å². The molecule has 1 N–H and O–H groups in total. The van der Waals surface area contributed by atoms with Crippen LogP contribution in [0, 0.1) is 5.92 Å². The van der Waals surface area contributed by atoms with Crippen molar-refractivity contribution in [3.05, 3.63) is 65.6 Å². The van der Waals surface area contributed by atoms with Crippen molar-refractivity contribution in [2.45, 2.75) is 51.0 Å². The maximum absolute atomic E-state index is 13.3. The van der Waals surface area contributed by atoms with Crippen LogP contribution < -0.4 is 0 Å². The molecule has 4 nitrogen and oxygen atoms in total. The summed E-state index contributed by atoms with van der Waals surface area (Å²) in [7, 11) is 0. The van der Waals surface area contributed by atoms with E-state index in [2.05, 4.69) is 45.2 Å². The van der Waals surface area contributed by atoms with Gasteiger partial charge in [-0.05, 0) is 42.0 Å². The summed E-state index contributed by atoms with van der Waals surface area (Å²) in [6, 6.07) is 12.5. The van der Waals surface area contributed by atoms with Crippen molar-refractivity contribution in [3.63, 3.8) is 0 Å². The number of benzene rings is 1. The van der Waals surface area contributed by atoms with Gasteiger partial charge in [-0.3, -0.25) is 9.78 Å². The molecule has 0 radical (unpaired) electrons. The largest absolute Gasteiger partial charge is 0.356 e. The molecule has 4 heteroatoms. The van der Waals surface area contributed by atoms with Gasteiger partial charge >= 0.3 is 0 Å². The molecule has 5 rings (SSSR count). The van der Waals surface area contributed by atoms with Gasteiger partial charge in [0.2, 0.25) is 5.91 Å². The Hall–Kier alpha value is -2.62. The van der Waals surface area contributed by atoms with Crippen molar-refractivity contribution in [2.24, 2.45) is 5.92 Å². The van der Waals surface area contributed by atoms with Crippen LogP contribution in [0.2, 0.25) is 0 Å². The van der Waals surface area contributed by atoms with Gasteiger partial charge in [0.05, 0.1) is 6.04 Å². The van der Waals surface area contributed by atoms with Crippen molar-refractivity contribution < 1.29 is 4.79 Å². The lowest BCUT2D eigenvalue weighted by molar-refractivity contribution is -0.133. The molecule has 1 saturated carbocycles. The summed E-state index contributed by atoms with van der Waals surface area (Å²) in [5, 5.41) is 1.28. The second-order valence-electron chi connectivity index (χ2n) is 8.28. The minimum absolute atomic E-state index is 0.0686. The number of carbonyl (C=O) groups is 1. The highest BCUT2D eigenvalue weighted by Crippen LogP contribution is 2.39. The number of aromatic nitrogens is 2. The third kappa shape index (κ3) is 3.11. The molecular weight excluding hydrogens is 346 g/mol. The second kappa shape index (κ2) is 7.42. The van der Waals surface area contributed by atoms with Crippen LogP contribution in [0.3, 0.4) is 0 Å². The van der Waals surface area contributed by atoms with E-state index in [1.54, 1.807) is 6.20 Å². The number of hydrogen-bond donors (Lipinski definition) is 1. The average molecular weight is 374 g/mol. The van der Waals surface area contributed by atoms with Crippen molar-refractivity contribution in [1.29, 1.82) is 0 Å². The van der Waals surface area contributed by atoms with Gasteiger partial charge in [-0.1, -0.05) is 49.9 Å². The topological polar surface area (TPSA) is 49.0 Å². The van der Waals surface area contributed by atoms with Gasteiger partial charge in [0, 0.05) is 42.0 Å². The molecule has 0 bridgehead atoms. The molecule has 3 heterocycles. The summed E-state index contributed by atoms with van der Waals surface area (Å²) in [6.45, 7) is 0.776. The van der Waals surface area contributed by atoms with E-state index in [-0.39, 0.29) is 11.9 Å². The molecule has 3 aromatic rings. The monoisotopic (exact) mass is 373 g/mol. The molecule has 28 heavy (non-hydrogen) atoms. The fraction of sp³-hybridized carbons (Fsp3) is 0.417. The third-order valence-electron chi connectivity index (χ3n) is 6.60. The number of para-hydroxylation sites is 1. The van der Waals surface area contributed by atoms with E-state index in [4.69, 9.17) is 0 Å². The zero-order valence-corrected chi connectivity index (χ0v) is 16.2. The predicted octanol–water partition coefficient (Wildman–Crippen LogP) is 5.01. The number of rotatable bonds is 4. The van der Waals surface area contributed by atoms with E-state index in [9.17, 15) is 4.79 Å². The number of carbonyl (C=O) groups excluding carboxylic acids is 1. The van der Waals surface area contributed by atoms with Gasteiger partial charge in [-0.15, -0.1) is 0 Å². The summed E-state index contributed by atoms with van der Waals surface area (Å²) in [5.74, 6) is 1.03. The van der Waals surface area contributed by atoms with E-state index < -0.39 is 0 Å². The van der Waals surface area contributed by atoms with Gasteiger partial charge < -0.3 is 9.88 Å². The molecule has 2 aromatic heterocycles. The van der Waals surface area contributed by atoms with E-state index in [0.29, 0.717) is 6.42 Å². The van der Waals surface area contributed by atoms with E-state index in [1.165, 1.54) is 36.6 Å². The number of hydrogen-bond acceptors (Lipinski definition) is 2. The average Bonchev–Trinajstić information content (AvgIpc) is 3.39. The van der Waals surface area contributed by atoms with Gasteiger partial charge in [-0.25, -0.2) is 0 Å². The van der Waals surface area contributed by atoms with Crippen LogP contribution in [0.15, 0.2) is 48.8 Å². The van der Waals surface area contributed by atoms with Crippen LogP contribution in [0.1, 0.15) is 61.4 Å².